The van der Waals surface area contributed by atoms with Crippen LogP contribution in [0.2, 0.25) is 0 Å². The Morgan fingerprint density at radius 3 is 2.93 bits per heavy atom. The van der Waals surface area contributed by atoms with Gasteiger partial charge in [0.15, 0.2) is 5.78 Å². The summed E-state index contributed by atoms with van der Waals surface area (Å²) in [5, 5.41) is 0. The summed E-state index contributed by atoms with van der Waals surface area (Å²) in [5.74, 6) is -0.641. The highest BCUT2D eigenvalue weighted by molar-refractivity contribution is 5.95. The quantitative estimate of drug-likeness (QED) is 0.496. The van der Waals surface area contributed by atoms with Crippen LogP contribution in [0.1, 0.15) is 19.3 Å². The number of ether oxygens (including phenoxy) is 2. The first-order valence-corrected chi connectivity index (χ1v) is 5.39. The van der Waals surface area contributed by atoms with Gasteiger partial charge in [-0.2, -0.15) is 0 Å². The van der Waals surface area contributed by atoms with Gasteiger partial charge in [-0.3, -0.25) is 4.79 Å². The highest BCUT2D eigenvalue weighted by Gasteiger charge is 2.42. The van der Waals surface area contributed by atoms with Crippen molar-refractivity contribution < 1.29 is 19.1 Å². The number of carbonyl (C=O) groups is 2. The lowest BCUT2D eigenvalue weighted by molar-refractivity contribution is -0.155. The first kappa shape index (κ1) is 10.8. The molecule has 84 valence electrons. The van der Waals surface area contributed by atoms with Crippen LogP contribution in [0.3, 0.4) is 0 Å². The van der Waals surface area contributed by atoms with Gasteiger partial charge in [-0.1, -0.05) is 0 Å². The molecule has 0 amide bonds. The van der Waals surface area contributed by atoms with Crippen molar-refractivity contribution in [2.75, 3.05) is 13.7 Å². The topological polar surface area (TPSA) is 52.6 Å². The summed E-state index contributed by atoms with van der Waals surface area (Å²) in [6, 6.07) is 0. The molecule has 4 nitrogen and oxygen atoms in total. The van der Waals surface area contributed by atoms with Crippen LogP contribution in [-0.4, -0.2) is 38.0 Å². The van der Waals surface area contributed by atoms with E-state index in [9.17, 15) is 9.59 Å². The Morgan fingerprint density at radius 2 is 2.27 bits per heavy atom. The molecule has 2 rings (SSSR count). The van der Waals surface area contributed by atoms with Crippen molar-refractivity contribution in [3.05, 3.63) is 0 Å². The minimum Gasteiger partial charge on any atom is -0.381 e. The van der Waals surface area contributed by atoms with Crippen molar-refractivity contribution in [3.63, 3.8) is 0 Å². The minimum atomic E-state index is -0.554. The predicted molar refractivity (Wildman–Crippen MR) is 52.4 cm³/mol. The maximum atomic E-state index is 11.9. The average Bonchev–Trinajstić information content (AvgIpc) is 2.29. The molecule has 0 spiro atoms. The summed E-state index contributed by atoms with van der Waals surface area (Å²) < 4.78 is 10.8. The SMILES string of the molecule is COC1CCC2OCC(C=O)C(=O)C2C1. The fraction of sp³-hybridized carbons (Fsp3) is 0.818. The van der Waals surface area contributed by atoms with Crippen molar-refractivity contribution in [1.82, 2.24) is 0 Å². The van der Waals surface area contributed by atoms with Crippen molar-refractivity contribution in [2.45, 2.75) is 31.5 Å². The number of methoxy groups -OCH3 is 1. The smallest absolute Gasteiger partial charge is 0.151 e. The number of hydrogen-bond acceptors (Lipinski definition) is 4. The lowest BCUT2D eigenvalue weighted by Gasteiger charge is -2.39. The van der Waals surface area contributed by atoms with Crippen molar-refractivity contribution in [1.29, 1.82) is 0 Å². The molecule has 0 aromatic heterocycles. The summed E-state index contributed by atoms with van der Waals surface area (Å²) in [5.41, 5.74) is 0. The molecule has 0 bridgehead atoms. The van der Waals surface area contributed by atoms with Crippen LogP contribution in [0.4, 0.5) is 0 Å². The molecular weight excluding hydrogens is 196 g/mol. The second kappa shape index (κ2) is 4.41. The number of carbonyl (C=O) groups excluding carboxylic acids is 2. The summed E-state index contributed by atoms with van der Waals surface area (Å²) in [4.78, 5) is 22.5. The maximum Gasteiger partial charge on any atom is 0.151 e. The molecule has 4 heteroatoms. The third-order valence-electron chi connectivity index (χ3n) is 3.46. The number of fused-ring (bicyclic) bond motifs is 1. The number of rotatable bonds is 2. The van der Waals surface area contributed by atoms with Crippen molar-refractivity contribution in [2.24, 2.45) is 11.8 Å². The Kier molecular flexibility index (Phi) is 3.17. The number of hydrogen-bond donors (Lipinski definition) is 0. The molecule has 4 unspecified atom stereocenters. The third-order valence-corrected chi connectivity index (χ3v) is 3.46. The zero-order valence-corrected chi connectivity index (χ0v) is 8.85. The Labute approximate surface area is 88.9 Å². The van der Waals surface area contributed by atoms with Gasteiger partial charge in [-0.15, -0.1) is 0 Å². The summed E-state index contributed by atoms with van der Waals surface area (Å²) in [7, 11) is 1.66. The predicted octanol–water partition coefficient (Wildman–Crippen LogP) is 0.584. The molecule has 2 aliphatic rings. The molecule has 1 heterocycles. The fourth-order valence-electron chi connectivity index (χ4n) is 2.51. The number of ketones is 1. The minimum absolute atomic E-state index is 0.0140. The van der Waals surface area contributed by atoms with Gasteiger partial charge in [0.25, 0.3) is 0 Å². The largest absolute Gasteiger partial charge is 0.381 e. The molecular formula is C11H16O4. The molecule has 0 aromatic rings. The van der Waals surface area contributed by atoms with E-state index in [0.717, 1.165) is 12.8 Å². The molecule has 1 saturated heterocycles. The second-order valence-electron chi connectivity index (χ2n) is 4.29. The Balaban J connectivity index is 2.07. The zero-order valence-electron chi connectivity index (χ0n) is 8.85. The molecule has 1 saturated carbocycles. The van der Waals surface area contributed by atoms with Crippen LogP contribution in [0.25, 0.3) is 0 Å². The molecule has 15 heavy (non-hydrogen) atoms. The summed E-state index contributed by atoms with van der Waals surface area (Å²) in [6.45, 7) is 0.265. The van der Waals surface area contributed by atoms with E-state index in [-0.39, 0.29) is 30.5 Å². The van der Waals surface area contributed by atoms with Crippen LogP contribution < -0.4 is 0 Å². The first-order chi connectivity index (χ1) is 7.26. The van der Waals surface area contributed by atoms with E-state index in [4.69, 9.17) is 9.47 Å². The van der Waals surface area contributed by atoms with E-state index in [1.165, 1.54) is 0 Å². The fourth-order valence-corrected chi connectivity index (χ4v) is 2.51. The molecule has 1 aliphatic heterocycles. The van der Waals surface area contributed by atoms with Crippen LogP contribution in [0.5, 0.6) is 0 Å². The van der Waals surface area contributed by atoms with Gasteiger partial charge >= 0.3 is 0 Å². The van der Waals surface area contributed by atoms with E-state index < -0.39 is 5.92 Å². The maximum absolute atomic E-state index is 11.9. The lowest BCUT2D eigenvalue weighted by atomic mass is 9.77. The normalized spacial score (nSPS) is 41.0. The zero-order chi connectivity index (χ0) is 10.8. The molecule has 0 aromatic carbocycles. The first-order valence-electron chi connectivity index (χ1n) is 5.39. The van der Waals surface area contributed by atoms with Crippen LogP contribution in [-0.2, 0) is 19.1 Å². The Hall–Kier alpha value is -0.740. The molecule has 0 radical (unpaired) electrons. The Morgan fingerprint density at radius 1 is 1.47 bits per heavy atom. The summed E-state index contributed by atoms with van der Waals surface area (Å²) >= 11 is 0. The molecule has 1 aliphatic carbocycles. The van der Waals surface area contributed by atoms with Gasteiger partial charge in [0, 0.05) is 13.0 Å². The van der Waals surface area contributed by atoms with Gasteiger partial charge in [0.05, 0.1) is 24.7 Å². The van der Waals surface area contributed by atoms with E-state index >= 15 is 0 Å². The second-order valence-corrected chi connectivity index (χ2v) is 4.29. The van der Waals surface area contributed by atoms with Crippen molar-refractivity contribution in [3.8, 4) is 0 Å². The highest BCUT2D eigenvalue weighted by atomic mass is 16.5. The van der Waals surface area contributed by atoms with Gasteiger partial charge in [0.2, 0.25) is 0 Å². The number of aldehydes is 1. The highest BCUT2D eigenvalue weighted by Crippen LogP contribution is 2.34. The van der Waals surface area contributed by atoms with E-state index in [1.807, 2.05) is 0 Å². The van der Waals surface area contributed by atoms with Crippen LogP contribution >= 0.6 is 0 Å². The summed E-state index contributed by atoms with van der Waals surface area (Å²) in [6.07, 6.45) is 3.36. The van der Waals surface area contributed by atoms with E-state index in [1.54, 1.807) is 7.11 Å². The van der Waals surface area contributed by atoms with Crippen LogP contribution in [0, 0.1) is 11.8 Å². The standard InChI is InChI=1S/C11H16O4/c1-14-8-2-3-10-9(4-8)11(13)7(5-12)6-15-10/h5,7-10H,2-4,6H2,1H3. The van der Waals surface area contributed by atoms with Crippen LogP contribution in [0.15, 0.2) is 0 Å². The van der Waals surface area contributed by atoms with Gasteiger partial charge in [-0.05, 0) is 19.3 Å². The van der Waals surface area contributed by atoms with Crippen molar-refractivity contribution >= 4 is 12.1 Å². The lowest BCUT2D eigenvalue weighted by Crippen LogP contribution is -2.47. The van der Waals surface area contributed by atoms with E-state index in [0.29, 0.717) is 12.7 Å². The van der Waals surface area contributed by atoms with E-state index in [2.05, 4.69) is 0 Å². The average molecular weight is 212 g/mol. The molecule has 2 fully saturated rings. The Bertz CT molecular complexity index is 263. The van der Waals surface area contributed by atoms with Gasteiger partial charge in [0.1, 0.15) is 6.29 Å². The third kappa shape index (κ3) is 1.96. The molecule has 0 N–H and O–H groups in total. The van der Waals surface area contributed by atoms with Gasteiger partial charge < -0.3 is 14.3 Å². The molecule has 4 atom stereocenters. The van der Waals surface area contributed by atoms with Gasteiger partial charge in [-0.25, -0.2) is 0 Å². The monoisotopic (exact) mass is 212 g/mol. The number of Topliss-reactive ketones (excluding diaryl/α,β-unsaturated/α-hetero) is 1.